The number of alkyl halides is 3. The Morgan fingerprint density at radius 1 is 0.781 bits per heavy atom. The fourth-order valence-corrected chi connectivity index (χ4v) is 4.03. The van der Waals surface area contributed by atoms with Crippen LogP contribution in [0.5, 0.6) is 5.75 Å². The van der Waals surface area contributed by atoms with E-state index in [1.807, 2.05) is 0 Å². The van der Waals surface area contributed by atoms with Gasteiger partial charge >= 0.3 is 6.36 Å². The van der Waals surface area contributed by atoms with Gasteiger partial charge in [0.1, 0.15) is 5.75 Å². The van der Waals surface area contributed by atoms with Crippen molar-refractivity contribution in [2.24, 2.45) is 11.8 Å². The zero-order valence-electron chi connectivity index (χ0n) is 18.8. The first-order valence-corrected chi connectivity index (χ1v) is 11.7. The fourth-order valence-electron chi connectivity index (χ4n) is 4.03. The summed E-state index contributed by atoms with van der Waals surface area (Å²) in [6.45, 7) is 5.06. The molecule has 8 heteroatoms. The van der Waals surface area contributed by atoms with Gasteiger partial charge < -0.3 is 23.7 Å². The molecule has 182 valence electrons. The Balaban J connectivity index is 1.26. The molecule has 2 heterocycles. The average molecular weight is 461 g/mol. The lowest BCUT2D eigenvalue weighted by atomic mass is 10.0. The van der Waals surface area contributed by atoms with E-state index in [2.05, 4.69) is 11.7 Å². The summed E-state index contributed by atoms with van der Waals surface area (Å²) in [5.74, 6) is 0.625. The number of ether oxygens (including phenoxy) is 5. The third-order valence-corrected chi connectivity index (χ3v) is 5.92. The first-order chi connectivity index (χ1) is 15.4. The monoisotopic (exact) mass is 460 g/mol. The van der Waals surface area contributed by atoms with Gasteiger partial charge in [-0.1, -0.05) is 38.3 Å². The maximum absolute atomic E-state index is 12.2. The smallest absolute Gasteiger partial charge is 0.406 e. The molecule has 0 N–H and O–H groups in total. The van der Waals surface area contributed by atoms with Gasteiger partial charge in [-0.05, 0) is 43.4 Å². The standard InChI is InChI=1S/C24H35F3O5/c1-2-3-4-5-19-14-28-23(29-15-19)13-9-20-16-30-22(31-17-20)12-8-18-6-10-21(11-7-18)32-24(25,26)27/h6-7,10-11,19-20,22-23H,2-5,8-9,12-17H2,1H3/t19-,20-,22-,23-. The van der Waals surface area contributed by atoms with Crippen molar-refractivity contribution in [3.05, 3.63) is 29.8 Å². The van der Waals surface area contributed by atoms with Crippen LogP contribution in [0.15, 0.2) is 24.3 Å². The number of hydrogen-bond donors (Lipinski definition) is 0. The molecule has 0 unspecified atom stereocenters. The van der Waals surface area contributed by atoms with Crippen LogP contribution in [-0.2, 0) is 25.4 Å². The van der Waals surface area contributed by atoms with E-state index in [-0.39, 0.29) is 18.3 Å². The van der Waals surface area contributed by atoms with E-state index in [0.29, 0.717) is 37.9 Å². The summed E-state index contributed by atoms with van der Waals surface area (Å²) >= 11 is 0. The van der Waals surface area contributed by atoms with Crippen LogP contribution in [0.2, 0.25) is 0 Å². The van der Waals surface area contributed by atoms with Gasteiger partial charge in [0.25, 0.3) is 0 Å². The molecule has 0 radical (unpaired) electrons. The van der Waals surface area contributed by atoms with Gasteiger partial charge in [0, 0.05) is 18.3 Å². The highest BCUT2D eigenvalue weighted by molar-refractivity contribution is 5.27. The Hall–Kier alpha value is -1.35. The Morgan fingerprint density at radius 3 is 1.91 bits per heavy atom. The van der Waals surface area contributed by atoms with E-state index in [0.717, 1.165) is 31.6 Å². The normalized spacial score (nSPS) is 26.8. The molecular formula is C24H35F3O5. The molecule has 3 rings (SSSR count). The number of unbranched alkanes of at least 4 members (excludes halogenated alkanes) is 2. The first kappa shape index (κ1) is 25.3. The van der Waals surface area contributed by atoms with Gasteiger partial charge in [-0.3, -0.25) is 0 Å². The minimum absolute atomic E-state index is 0.126. The van der Waals surface area contributed by atoms with E-state index in [1.54, 1.807) is 12.1 Å². The van der Waals surface area contributed by atoms with Crippen molar-refractivity contribution in [3.63, 3.8) is 0 Å². The molecule has 2 saturated heterocycles. The quantitative estimate of drug-likeness (QED) is 0.387. The lowest BCUT2D eigenvalue weighted by Crippen LogP contribution is -2.35. The zero-order valence-corrected chi connectivity index (χ0v) is 18.8. The van der Waals surface area contributed by atoms with E-state index < -0.39 is 6.36 Å². The van der Waals surface area contributed by atoms with Crippen LogP contribution in [-0.4, -0.2) is 45.4 Å². The molecule has 0 amide bonds. The Kier molecular flexibility index (Phi) is 10.1. The molecule has 0 spiro atoms. The maximum atomic E-state index is 12.2. The molecular weight excluding hydrogens is 425 g/mol. The van der Waals surface area contributed by atoms with Crippen molar-refractivity contribution in [3.8, 4) is 5.75 Å². The number of aryl methyl sites for hydroxylation is 1. The summed E-state index contributed by atoms with van der Waals surface area (Å²) in [7, 11) is 0. The maximum Gasteiger partial charge on any atom is 0.573 e. The second-order valence-electron chi connectivity index (χ2n) is 8.73. The fraction of sp³-hybridized carbons (Fsp3) is 0.750. The average Bonchev–Trinajstić information content (AvgIpc) is 2.78. The minimum atomic E-state index is -4.67. The number of halogens is 3. The Bertz CT molecular complexity index is 636. The van der Waals surface area contributed by atoms with Crippen LogP contribution in [0.25, 0.3) is 0 Å². The summed E-state index contributed by atoms with van der Waals surface area (Å²) in [5.41, 5.74) is 0.911. The summed E-state index contributed by atoms with van der Waals surface area (Å²) in [4.78, 5) is 0. The number of benzene rings is 1. The number of rotatable bonds is 11. The van der Waals surface area contributed by atoms with Crippen molar-refractivity contribution < 1.29 is 36.9 Å². The second-order valence-corrected chi connectivity index (χ2v) is 8.73. The van der Waals surface area contributed by atoms with Crippen molar-refractivity contribution in [1.29, 1.82) is 0 Å². The predicted octanol–water partition coefficient (Wildman–Crippen LogP) is 5.86. The van der Waals surface area contributed by atoms with Gasteiger partial charge in [0.15, 0.2) is 12.6 Å². The Labute approximate surface area is 188 Å². The molecule has 2 fully saturated rings. The van der Waals surface area contributed by atoms with Crippen LogP contribution in [0.1, 0.15) is 57.4 Å². The van der Waals surface area contributed by atoms with E-state index in [9.17, 15) is 13.2 Å². The summed E-state index contributed by atoms with van der Waals surface area (Å²) in [5, 5.41) is 0. The van der Waals surface area contributed by atoms with Gasteiger partial charge in [-0.25, -0.2) is 0 Å². The predicted molar refractivity (Wildman–Crippen MR) is 113 cm³/mol. The number of hydrogen-bond acceptors (Lipinski definition) is 5. The van der Waals surface area contributed by atoms with Gasteiger partial charge in [0.2, 0.25) is 0 Å². The minimum Gasteiger partial charge on any atom is -0.406 e. The Morgan fingerprint density at radius 2 is 1.34 bits per heavy atom. The first-order valence-electron chi connectivity index (χ1n) is 11.7. The third kappa shape index (κ3) is 9.25. The molecule has 2 aliphatic rings. The zero-order chi connectivity index (χ0) is 22.8. The van der Waals surface area contributed by atoms with E-state index >= 15 is 0 Å². The van der Waals surface area contributed by atoms with Crippen LogP contribution in [0, 0.1) is 11.8 Å². The molecule has 0 bridgehead atoms. The van der Waals surface area contributed by atoms with Crippen molar-refractivity contribution in [2.45, 2.75) is 77.2 Å². The highest BCUT2D eigenvalue weighted by atomic mass is 19.4. The molecule has 2 aliphatic heterocycles. The summed E-state index contributed by atoms with van der Waals surface area (Å²) < 4.78 is 64.0. The largest absolute Gasteiger partial charge is 0.573 e. The topological polar surface area (TPSA) is 46.2 Å². The molecule has 1 aromatic carbocycles. The van der Waals surface area contributed by atoms with Crippen molar-refractivity contribution in [2.75, 3.05) is 26.4 Å². The molecule has 0 atom stereocenters. The van der Waals surface area contributed by atoms with Crippen molar-refractivity contribution in [1.82, 2.24) is 0 Å². The molecule has 5 nitrogen and oxygen atoms in total. The van der Waals surface area contributed by atoms with Crippen LogP contribution in [0.3, 0.4) is 0 Å². The van der Waals surface area contributed by atoms with Crippen LogP contribution < -0.4 is 4.74 Å². The summed E-state index contributed by atoms with van der Waals surface area (Å²) in [6, 6.07) is 5.91. The van der Waals surface area contributed by atoms with Crippen LogP contribution >= 0.6 is 0 Å². The molecule has 32 heavy (non-hydrogen) atoms. The lowest BCUT2D eigenvalue weighted by molar-refractivity contribution is -0.274. The van der Waals surface area contributed by atoms with Gasteiger partial charge in [-0.15, -0.1) is 13.2 Å². The SMILES string of the molecule is CCCCC[C@H]1CO[C@H](CC[C@H]2CO[C@H](CCc3ccc(OC(F)(F)F)cc3)OC2)OC1. The molecule has 1 aromatic rings. The summed E-state index contributed by atoms with van der Waals surface area (Å²) in [6.07, 6.45) is 2.92. The molecule has 0 aliphatic carbocycles. The molecule has 0 aromatic heterocycles. The van der Waals surface area contributed by atoms with Gasteiger partial charge in [0.05, 0.1) is 26.4 Å². The van der Waals surface area contributed by atoms with E-state index in [1.165, 1.54) is 37.8 Å². The van der Waals surface area contributed by atoms with Gasteiger partial charge in [-0.2, -0.15) is 0 Å². The highest BCUT2D eigenvalue weighted by Crippen LogP contribution is 2.25. The third-order valence-electron chi connectivity index (χ3n) is 5.92. The molecule has 0 saturated carbocycles. The highest BCUT2D eigenvalue weighted by Gasteiger charge is 2.31. The second kappa shape index (κ2) is 12.8. The van der Waals surface area contributed by atoms with Crippen LogP contribution in [0.4, 0.5) is 13.2 Å². The van der Waals surface area contributed by atoms with Crippen molar-refractivity contribution >= 4 is 0 Å². The van der Waals surface area contributed by atoms with E-state index in [4.69, 9.17) is 18.9 Å². The lowest BCUT2D eigenvalue weighted by Gasteiger charge is -2.32.